The van der Waals surface area contributed by atoms with Crippen LogP contribution in [0.5, 0.6) is 5.75 Å². The van der Waals surface area contributed by atoms with Crippen molar-refractivity contribution in [1.82, 2.24) is 10.2 Å². The number of aryl methyl sites for hydroxylation is 1. The van der Waals surface area contributed by atoms with Gasteiger partial charge in [0, 0.05) is 25.1 Å². The maximum Gasteiger partial charge on any atom is 0.245 e. The summed E-state index contributed by atoms with van der Waals surface area (Å²) in [6.07, 6.45) is 5.27. The molecule has 0 bridgehead atoms. The maximum atomic E-state index is 13.1. The third-order valence-electron chi connectivity index (χ3n) is 5.43. The minimum Gasteiger partial charge on any atom is -0.496 e. The van der Waals surface area contributed by atoms with E-state index < -0.39 is 6.04 Å². The van der Waals surface area contributed by atoms with Crippen LogP contribution in [0.1, 0.15) is 57.1 Å². The Kier molecular flexibility index (Phi) is 7.69. The van der Waals surface area contributed by atoms with Gasteiger partial charge in [-0.25, -0.2) is 0 Å². The third-order valence-corrected chi connectivity index (χ3v) is 5.43. The third kappa shape index (κ3) is 5.72. The average Bonchev–Trinajstić information content (AvgIpc) is 2.66. The first-order chi connectivity index (χ1) is 12.8. The number of hydrogen-bond acceptors (Lipinski definition) is 3. The summed E-state index contributed by atoms with van der Waals surface area (Å²) in [5.41, 5.74) is 2.09. The summed E-state index contributed by atoms with van der Waals surface area (Å²) in [5, 5.41) is 3.03. The summed E-state index contributed by atoms with van der Waals surface area (Å²) in [6.45, 7) is 6.42. The molecule has 5 nitrogen and oxygen atoms in total. The van der Waals surface area contributed by atoms with Crippen molar-refractivity contribution in [2.75, 3.05) is 14.2 Å². The molecular weight excluding hydrogens is 340 g/mol. The lowest BCUT2D eigenvalue weighted by Gasteiger charge is -2.30. The second-order valence-corrected chi connectivity index (χ2v) is 8.07. The molecule has 1 aliphatic rings. The number of benzene rings is 1. The fraction of sp³-hybridized carbons (Fsp3) is 0.636. The van der Waals surface area contributed by atoms with Gasteiger partial charge in [0.2, 0.25) is 11.8 Å². The van der Waals surface area contributed by atoms with E-state index in [1.54, 1.807) is 19.1 Å². The number of carbonyl (C=O) groups is 2. The van der Waals surface area contributed by atoms with Crippen LogP contribution in [-0.4, -0.2) is 36.9 Å². The van der Waals surface area contributed by atoms with E-state index in [-0.39, 0.29) is 23.7 Å². The molecule has 2 rings (SSSR count). The van der Waals surface area contributed by atoms with Crippen LogP contribution >= 0.6 is 0 Å². The summed E-state index contributed by atoms with van der Waals surface area (Å²) in [6, 6.07) is 5.45. The lowest BCUT2D eigenvalue weighted by Crippen LogP contribution is -2.51. The monoisotopic (exact) mass is 374 g/mol. The molecule has 150 valence electrons. The fourth-order valence-electron chi connectivity index (χ4n) is 3.75. The van der Waals surface area contributed by atoms with E-state index in [1.807, 2.05) is 39.0 Å². The van der Waals surface area contributed by atoms with E-state index in [0.29, 0.717) is 6.54 Å². The Morgan fingerprint density at radius 3 is 2.48 bits per heavy atom. The van der Waals surface area contributed by atoms with Crippen LogP contribution in [0.2, 0.25) is 0 Å². The maximum absolute atomic E-state index is 13.1. The fourth-order valence-corrected chi connectivity index (χ4v) is 3.75. The predicted octanol–water partition coefficient (Wildman–Crippen LogP) is 3.68. The normalized spacial score (nSPS) is 16.1. The highest BCUT2D eigenvalue weighted by molar-refractivity contribution is 5.88. The number of nitrogens with one attached hydrogen (secondary N) is 1. The molecule has 1 atom stereocenters. The second-order valence-electron chi connectivity index (χ2n) is 8.07. The Morgan fingerprint density at radius 2 is 1.89 bits per heavy atom. The first-order valence-electron chi connectivity index (χ1n) is 10.0. The van der Waals surface area contributed by atoms with Crippen LogP contribution in [0.4, 0.5) is 0 Å². The summed E-state index contributed by atoms with van der Waals surface area (Å²) < 4.78 is 5.43. The van der Waals surface area contributed by atoms with Crippen LogP contribution in [0, 0.1) is 18.8 Å². The van der Waals surface area contributed by atoms with E-state index >= 15 is 0 Å². The van der Waals surface area contributed by atoms with Crippen LogP contribution in [-0.2, 0) is 16.1 Å². The quantitative estimate of drug-likeness (QED) is 0.792. The number of amides is 2. The molecule has 0 radical (unpaired) electrons. The molecular formula is C22H34N2O3. The number of rotatable bonds is 7. The van der Waals surface area contributed by atoms with Crippen molar-refractivity contribution in [3.8, 4) is 5.75 Å². The smallest absolute Gasteiger partial charge is 0.245 e. The molecule has 0 aromatic heterocycles. The van der Waals surface area contributed by atoms with Gasteiger partial charge in [0.1, 0.15) is 11.8 Å². The predicted molar refractivity (Wildman–Crippen MR) is 108 cm³/mol. The summed E-state index contributed by atoms with van der Waals surface area (Å²) in [4.78, 5) is 27.4. The van der Waals surface area contributed by atoms with Crippen LogP contribution < -0.4 is 10.1 Å². The zero-order chi connectivity index (χ0) is 20.0. The van der Waals surface area contributed by atoms with Gasteiger partial charge in [0.25, 0.3) is 0 Å². The number of likely N-dealkylation sites (N-methyl/N-ethyl adjacent to an activating group) is 1. The molecule has 27 heavy (non-hydrogen) atoms. The van der Waals surface area contributed by atoms with Crippen molar-refractivity contribution >= 4 is 11.8 Å². The summed E-state index contributed by atoms with van der Waals surface area (Å²) >= 11 is 0. The molecule has 1 aromatic carbocycles. The van der Waals surface area contributed by atoms with Gasteiger partial charge < -0.3 is 15.0 Å². The second kappa shape index (κ2) is 9.77. The minimum atomic E-state index is -0.500. The van der Waals surface area contributed by atoms with Crippen molar-refractivity contribution in [3.05, 3.63) is 29.3 Å². The number of methoxy groups -OCH3 is 1. The van der Waals surface area contributed by atoms with E-state index in [0.717, 1.165) is 42.6 Å². The molecule has 1 unspecified atom stereocenters. The zero-order valence-electron chi connectivity index (χ0n) is 17.4. The van der Waals surface area contributed by atoms with E-state index in [4.69, 9.17) is 4.74 Å². The molecule has 2 amide bonds. The number of nitrogens with zero attached hydrogens (tertiary/aromatic N) is 1. The van der Waals surface area contributed by atoms with Gasteiger partial charge in [0.05, 0.1) is 7.11 Å². The summed E-state index contributed by atoms with van der Waals surface area (Å²) in [5.74, 6) is 0.829. The molecule has 1 aromatic rings. The highest BCUT2D eigenvalue weighted by Crippen LogP contribution is 2.25. The van der Waals surface area contributed by atoms with Crippen molar-refractivity contribution < 1.29 is 14.3 Å². The van der Waals surface area contributed by atoms with E-state index in [2.05, 4.69) is 5.32 Å². The Labute approximate surface area is 163 Å². The zero-order valence-corrected chi connectivity index (χ0v) is 17.4. The van der Waals surface area contributed by atoms with Gasteiger partial charge in [-0.15, -0.1) is 0 Å². The lowest BCUT2D eigenvalue weighted by molar-refractivity contribution is -0.138. The SMILES string of the molecule is COc1ccc(C)cc1CN(C)C(=O)C(NC(=O)C1CCCCC1)C(C)C. The van der Waals surface area contributed by atoms with Gasteiger partial charge in [0.15, 0.2) is 0 Å². The largest absolute Gasteiger partial charge is 0.496 e. The van der Waals surface area contributed by atoms with Crippen LogP contribution in [0.25, 0.3) is 0 Å². The van der Waals surface area contributed by atoms with Crippen LogP contribution in [0.15, 0.2) is 18.2 Å². The molecule has 1 saturated carbocycles. The molecule has 1 aliphatic carbocycles. The van der Waals surface area contributed by atoms with Gasteiger partial charge in [-0.2, -0.15) is 0 Å². The Bertz CT molecular complexity index is 651. The standard InChI is InChI=1S/C22H34N2O3/c1-15(2)20(23-21(25)17-9-7-6-8-10-17)22(26)24(4)14-18-13-16(3)11-12-19(18)27-5/h11-13,15,17,20H,6-10,14H2,1-5H3,(H,23,25). The molecule has 0 spiro atoms. The molecule has 0 heterocycles. The highest BCUT2D eigenvalue weighted by atomic mass is 16.5. The molecule has 1 fully saturated rings. The first-order valence-corrected chi connectivity index (χ1v) is 10.0. The number of carbonyl (C=O) groups excluding carboxylic acids is 2. The van der Waals surface area contributed by atoms with E-state index in [9.17, 15) is 9.59 Å². The van der Waals surface area contributed by atoms with Gasteiger partial charge in [-0.05, 0) is 31.7 Å². The minimum absolute atomic E-state index is 0.0308. The first kappa shape index (κ1) is 21.3. The van der Waals surface area contributed by atoms with Gasteiger partial charge in [-0.1, -0.05) is 50.8 Å². The van der Waals surface area contributed by atoms with Gasteiger partial charge in [-0.3, -0.25) is 9.59 Å². The van der Waals surface area contributed by atoms with Crippen molar-refractivity contribution in [2.45, 2.75) is 65.5 Å². The Hall–Kier alpha value is -2.04. The van der Waals surface area contributed by atoms with Crippen LogP contribution in [0.3, 0.4) is 0 Å². The number of ether oxygens (including phenoxy) is 1. The average molecular weight is 375 g/mol. The van der Waals surface area contributed by atoms with Gasteiger partial charge >= 0.3 is 0 Å². The lowest BCUT2D eigenvalue weighted by atomic mass is 9.88. The topological polar surface area (TPSA) is 58.6 Å². The molecule has 5 heteroatoms. The van der Waals surface area contributed by atoms with Crippen molar-refractivity contribution in [2.24, 2.45) is 11.8 Å². The number of hydrogen-bond donors (Lipinski definition) is 1. The summed E-state index contributed by atoms with van der Waals surface area (Å²) in [7, 11) is 3.42. The molecule has 1 N–H and O–H groups in total. The Morgan fingerprint density at radius 1 is 1.22 bits per heavy atom. The molecule has 0 saturated heterocycles. The van der Waals surface area contributed by atoms with Crippen molar-refractivity contribution in [1.29, 1.82) is 0 Å². The molecule has 0 aliphatic heterocycles. The highest BCUT2D eigenvalue weighted by Gasteiger charge is 2.30. The van der Waals surface area contributed by atoms with Crippen molar-refractivity contribution in [3.63, 3.8) is 0 Å². The van der Waals surface area contributed by atoms with E-state index in [1.165, 1.54) is 6.42 Å². The Balaban J connectivity index is 2.06.